The molecule has 1 saturated heterocycles. The molecule has 2 amide bonds. The van der Waals surface area contributed by atoms with Crippen molar-refractivity contribution in [2.75, 3.05) is 20.1 Å². The molecule has 104 valence electrons. The minimum absolute atomic E-state index is 0.0532. The van der Waals surface area contributed by atoms with E-state index in [-0.39, 0.29) is 18.0 Å². The van der Waals surface area contributed by atoms with E-state index in [1.807, 2.05) is 20.8 Å². The minimum atomic E-state index is -0.486. The van der Waals surface area contributed by atoms with Gasteiger partial charge in [0.05, 0.1) is 6.04 Å². The Morgan fingerprint density at radius 3 is 2.44 bits per heavy atom. The summed E-state index contributed by atoms with van der Waals surface area (Å²) in [5, 5.41) is 0. The van der Waals surface area contributed by atoms with Crippen molar-refractivity contribution in [3.05, 3.63) is 0 Å². The molecule has 1 atom stereocenters. The van der Waals surface area contributed by atoms with E-state index in [1.165, 1.54) is 0 Å². The van der Waals surface area contributed by atoms with Gasteiger partial charge in [-0.05, 0) is 33.6 Å². The highest BCUT2D eigenvalue weighted by atomic mass is 16.6. The second-order valence-corrected chi connectivity index (χ2v) is 5.85. The summed E-state index contributed by atoms with van der Waals surface area (Å²) in [6, 6.07) is 0.0532. The van der Waals surface area contributed by atoms with Gasteiger partial charge in [-0.2, -0.15) is 0 Å². The Hall–Kier alpha value is -1.26. The smallest absolute Gasteiger partial charge is 0.410 e. The van der Waals surface area contributed by atoms with Crippen molar-refractivity contribution in [2.24, 2.45) is 0 Å². The minimum Gasteiger partial charge on any atom is -0.444 e. The van der Waals surface area contributed by atoms with Crippen LogP contribution in [0.2, 0.25) is 0 Å². The quantitative estimate of drug-likeness (QED) is 0.719. The Morgan fingerprint density at radius 2 is 1.94 bits per heavy atom. The summed E-state index contributed by atoms with van der Waals surface area (Å²) in [7, 11) is 1.74. The zero-order valence-corrected chi connectivity index (χ0v) is 12.0. The highest BCUT2D eigenvalue weighted by molar-refractivity contribution is 5.73. The maximum atomic E-state index is 11.9. The number of ether oxygens (including phenoxy) is 1. The van der Waals surface area contributed by atoms with Gasteiger partial charge in [-0.15, -0.1) is 0 Å². The Labute approximate surface area is 109 Å². The van der Waals surface area contributed by atoms with Crippen LogP contribution in [0, 0.1) is 0 Å². The van der Waals surface area contributed by atoms with Crippen molar-refractivity contribution in [3.8, 4) is 0 Å². The van der Waals surface area contributed by atoms with Gasteiger partial charge in [0.2, 0.25) is 5.91 Å². The third-order valence-corrected chi connectivity index (χ3v) is 3.07. The summed E-state index contributed by atoms with van der Waals surface area (Å²) in [6.07, 6.45) is 1.52. The molecule has 0 aliphatic carbocycles. The van der Waals surface area contributed by atoms with E-state index in [1.54, 1.807) is 23.8 Å². The van der Waals surface area contributed by atoms with Gasteiger partial charge in [-0.3, -0.25) is 4.79 Å². The summed E-state index contributed by atoms with van der Waals surface area (Å²) in [4.78, 5) is 26.7. The normalized spacial score (nSPS) is 20.5. The molecule has 1 fully saturated rings. The van der Waals surface area contributed by atoms with Crippen LogP contribution < -0.4 is 0 Å². The van der Waals surface area contributed by atoms with Gasteiger partial charge >= 0.3 is 6.09 Å². The zero-order chi connectivity index (χ0) is 13.9. The number of likely N-dealkylation sites (tertiary alicyclic amines) is 1. The van der Waals surface area contributed by atoms with Crippen molar-refractivity contribution in [2.45, 2.75) is 52.2 Å². The predicted octanol–water partition coefficient (Wildman–Crippen LogP) is 1.86. The second-order valence-electron chi connectivity index (χ2n) is 5.85. The van der Waals surface area contributed by atoms with E-state index in [0.29, 0.717) is 6.54 Å². The second kappa shape index (κ2) is 5.59. The van der Waals surface area contributed by atoms with Gasteiger partial charge in [0.25, 0.3) is 0 Å². The fourth-order valence-corrected chi connectivity index (χ4v) is 2.04. The molecular formula is C13H24N2O3. The van der Waals surface area contributed by atoms with Crippen LogP contribution in [0.5, 0.6) is 0 Å². The van der Waals surface area contributed by atoms with Crippen LogP contribution in [0.15, 0.2) is 0 Å². The van der Waals surface area contributed by atoms with E-state index < -0.39 is 5.60 Å². The van der Waals surface area contributed by atoms with Crippen molar-refractivity contribution < 1.29 is 14.3 Å². The topological polar surface area (TPSA) is 49.9 Å². The molecular weight excluding hydrogens is 232 g/mol. The first-order chi connectivity index (χ1) is 8.20. The Balaban J connectivity index is 2.58. The number of amides is 2. The largest absolute Gasteiger partial charge is 0.444 e. The molecule has 0 saturated carbocycles. The lowest BCUT2D eigenvalue weighted by Crippen LogP contribution is -2.50. The summed E-state index contributed by atoms with van der Waals surface area (Å²) in [5.41, 5.74) is -0.486. The summed E-state index contributed by atoms with van der Waals surface area (Å²) in [6.45, 7) is 8.50. The van der Waals surface area contributed by atoms with E-state index >= 15 is 0 Å². The van der Waals surface area contributed by atoms with E-state index in [4.69, 9.17) is 4.74 Å². The zero-order valence-electron chi connectivity index (χ0n) is 12.0. The molecule has 1 aliphatic rings. The number of nitrogens with zero attached hydrogens (tertiary/aromatic N) is 2. The molecule has 0 aromatic heterocycles. The molecule has 0 spiro atoms. The Morgan fingerprint density at radius 1 is 1.33 bits per heavy atom. The molecule has 18 heavy (non-hydrogen) atoms. The van der Waals surface area contributed by atoms with Crippen LogP contribution in [0.4, 0.5) is 4.79 Å². The molecule has 0 N–H and O–H groups in total. The van der Waals surface area contributed by atoms with Crippen molar-refractivity contribution in [1.82, 2.24) is 9.80 Å². The highest BCUT2D eigenvalue weighted by Crippen LogP contribution is 2.17. The fourth-order valence-electron chi connectivity index (χ4n) is 2.04. The first kappa shape index (κ1) is 14.8. The summed E-state index contributed by atoms with van der Waals surface area (Å²) < 4.78 is 5.33. The molecule has 0 aromatic rings. The average molecular weight is 256 g/mol. The SMILES string of the molecule is CC(=O)N1CCCC(N(C)C(=O)OC(C)(C)C)C1. The van der Waals surface area contributed by atoms with Gasteiger partial charge in [-0.25, -0.2) is 4.79 Å². The number of hydrogen-bond acceptors (Lipinski definition) is 3. The lowest BCUT2D eigenvalue weighted by molar-refractivity contribution is -0.130. The first-order valence-corrected chi connectivity index (χ1v) is 6.42. The molecule has 0 aromatic carbocycles. The third-order valence-electron chi connectivity index (χ3n) is 3.07. The number of carbonyl (C=O) groups is 2. The van der Waals surface area contributed by atoms with Crippen LogP contribution in [0.1, 0.15) is 40.5 Å². The number of hydrogen-bond donors (Lipinski definition) is 0. The number of likely N-dealkylation sites (N-methyl/N-ethyl adjacent to an activating group) is 1. The molecule has 5 nitrogen and oxygen atoms in total. The number of rotatable bonds is 1. The van der Waals surface area contributed by atoms with Crippen LogP contribution in [0.25, 0.3) is 0 Å². The molecule has 1 aliphatic heterocycles. The maximum Gasteiger partial charge on any atom is 0.410 e. The average Bonchev–Trinajstić information content (AvgIpc) is 2.26. The molecule has 1 unspecified atom stereocenters. The standard InChI is InChI=1S/C13H24N2O3/c1-10(16)15-8-6-7-11(9-15)14(5)12(17)18-13(2,3)4/h11H,6-9H2,1-5H3. The van der Waals surface area contributed by atoms with Crippen LogP contribution in [-0.2, 0) is 9.53 Å². The van der Waals surface area contributed by atoms with Crippen molar-refractivity contribution in [3.63, 3.8) is 0 Å². The summed E-state index contributed by atoms with van der Waals surface area (Å²) >= 11 is 0. The fraction of sp³-hybridized carbons (Fsp3) is 0.846. The van der Waals surface area contributed by atoms with E-state index in [2.05, 4.69) is 0 Å². The number of piperidine rings is 1. The first-order valence-electron chi connectivity index (χ1n) is 6.42. The predicted molar refractivity (Wildman–Crippen MR) is 69.3 cm³/mol. The van der Waals surface area contributed by atoms with Gasteiger partial charge in [0, 0.05) is 27.1 Å². The molecule has 0 bridgehead atoms. The molecule has 1 rings (SSSR count). The third kappa shape index (κ3) is 4.20. The molecule has 0 radical (unpaired) electrons. The number of carbonyl (C=O) groups excluding carboxylic acids is 2. The van der Waals surface area contributed by atoms with Gasteiger partial charge < -0.3 is 14.5 Å². The van der Waals surface area contributed by atoms with Crippen LogP contribution in [-0.4, -0.2) is 53.6 Å². The lowest BCUT2D eigenvalue weighted by atomic mass is 10.0. The van der Waals surface area contributed by atoms with Gasteiger partial charge in [-0.1, -0.05) is 0 Å². The van der Waals surface area contributed by atoms with E-state index in [9.17, 15) is 9.59 Å². The maximum absolute atomic E-state index is 11.9. The monoisotopic (exact) mass is 256 g/mol. The Bertz CT molecular complexity index is 323. The lowest BCUT2D eigenvalue weighted by Gasteiger charge is -2.37. The van der Waals surface area contributed by atoms with Crippen LogP contribution >= 0.6 is 0 Å². The summed E-state index contributed by atoms with van der Waals surface area (Å²) in [5.74, 6) is 0.0669. The van der Waals surface area contributed by atoms with Gasteiger partial charge in [0.15, 0.2) is 0 Å². The molecule has 5 heteroatoms. The van der Waals surface area contributed by atoms with Crippen LogP contribution in [0.3, 0.4) is 0 Å². The van der Waals surface area contributed by atoms with Crippen molar-refractivity contribution in [1.29, 1.82) is 0 Å². The Kier molecular flexibility index (Phi) is 4.59. The van der Waals surface area contributed by atoms with Crippen molar-refractivity contribution >= 4 is 12.0 Å². The molecule has 1 heterocycles. The highest BCUT2D eigenvalue weighted by Gasteiger charge is 2.29. The van der Waals surface area contributed by atoms with Gasteiger partial charge in [0.1, 0.15) is 5.60 Å². The van der Waals surface area contributed by atoms with E-state index in [0.717, 1.165) is 19.4 Å².